The Morgan fingerprint density at radius 1 is 1.28 bits per heavy atom. The zero-order valence-electron chi connectivity index (χ0n) is 13.0. The largest absolute Gasteiger partial charge is 0.361 e. The lowest BCUT2D eigenvalue weighted by atomic mass is 9.89. The molecule has 2 aromatic carbocycles. The van der Waals surface area contributed by atoms with E-state index in [4.69, 9.17) is 17.1 Å². The summed E-state index contributed by atoms with van der Waals surface area (Å²) in [7, 11) is 0. The maximum absolute atomic E-state index is 13.4. The minimum Gasteiger partial charge on any atom is -0.361 e. The minimum atomic E-state index is -0.896. The first-order chi connectivity index (χ1) is 12.0. The molecule has 0 radical (unpaired) electrons. The molecule has 0 aromatic heterocycles. The molecule has 126 valence electrons. The average molecular weight is 358 g/mol. The number of halogens is 2. The molecule has 0 N–H and O–H groups in total. The van der Waals surface area contributed by atoms with Crippen molar-refractivity contribution in [3.63, 3.8) is 0 Å². The van der Waals surface area contributed by atoms with Crippen LogP contribution in [-0.4, -0.2) is 28.7 Å². The fourth-order valence-electron chi connectivity index (χ4n) is 3.13. The fraction of sp³-hybridized carbons (Fsp3) is 0.167. The number of carbonyl (C=O) groups excluding carboxylic acids is 2. The van der Waals surface area contributed by atoms with E-state index in [1.165, 1.54) is 17.0 Å². The zero-order chi connectivity index (χ0) is 18.0. The smallest absolute Gasteiger partial charge is 0.325 e. The van der Waals surface area contributed by atoms with E-state index in [0.29, 0.717) is 5.69 Å². The third-order valence-corrected chi connectivity index (χ3v) is 4.50. The highest BCUT2D eigenvalue weighted by molar-refractivity contribution is 6.32. The molecule has 0 bridgehead atoms. The van der Waals surface area contributed by atoms with Crippen molar-refractivity contribution < 1.29 is 18.8 Å². The number of Topliss-reactive ketones (excluding diaryl/α,β-unsaturated/α-hetero) is 1. The molecular formula is C18H13ClFN3O2. The van der Waals surface area contributed by atoms with Crippen LogP contribution in [0.1, 0.15) is 17.9 Å². The first-order valence-electron chi connectivity index (χ1n) is 7.56. The van der Waals surface area contributed by atoms with Crippen molar-refractivity contribution in [3.05, 3.63) is 70.5 Å². The van der Waals surface area contributed by atoms with Gasteiger partial charge in [0.15, 0.2) is 0 Å². The van der Waals surface area contributed by atoms with E-state index in [1.807, 2.05) is 30.3 Å². The summed E-state index contributed by atoms with van der Waals surface area (Å²) in [4.78, 5) is 29.2. The van der Waals surface area contributed by atoms with Crippen LogP contribution < -0.4 is 4.90 Å². The number of carbonyl (C=O) groups is 2. The van der Waals surface area contributed by atoms with E-state index in [1.54, 1.807) is 0 Å². The third kappa shape index (κ3) is 3.22. The van der Waals surface area contributed by atoms with Gasteiger partial charge in [0.25, 0.3) is 5.78 Å². The number of hydrogen-bond acceptors (Lipinski definition) is 2. The van der Waals surface area contributed by atoms with Crippen LogP contribution in [0.2, 0.25) is 5.02 Å². The first-order valence-corrected chi connectivity index (χ1v) is 7.94. The SMILES string of the molecule is [N-]=[N+]=CC(=O)C1C(c2ccccc2)CC(=O)N1c1ccc(F)c(Cl)c1. The first kappa shape index (κ1) is 17.0. The second-order valence-electron chi connectivity index (χ2n) is 5.68. The molecule has 0 aliphatic carbocycles. The Labute approximate surface area is 148 Å². The van der Waals surface area contributed by atoms with Gasteiger partial charge in [-0.2, -0.15) is 4.79 Å². The van der Waals surface area contributed by atoms with Crippen LogP contribution in [0.3, 0.4) is 0 Å². The number of ketones is 1. The van der Waals surface area contributed by atoms with Gasteiger partial charge in [-0.1, -0.05) is 41.9 Å². The van der Waals surface area contributed by atoms with Gasteiger partial charge in [0.05, 0.1) is 5.02 Å². The molecule has 7 heteroatoms. The number of nitrogens with zero attached hydrogens (tertiary/aromatic N) is 3. The van der Waals surface area contributed by atoms with Crippen molar-refractivity contribution in [1.29, 1.82) is 0 Å². The molecule has 2 unspecified atom stereocenters. The lowest BCUT2D eigenvalue weighted by Gasteiger charge is -2.25. The molecule has 0 saturated carbocycles. The van der Waals surface area contributed by atoms with E-state index >= 15 is 0 Å². The summed E-state index contributed by atoms with van der Waals surface area (Å²) in [5.74, 6) is -1.84. The Morgan fingerprint density at radius 3 is 2.64 bits per heavy atom. The van der Waals surface area contributed by atoms with Gasteiger partial charge in [0, 0.05) is 18.0 Å². The molecule has 1 saturated heterocycles. The topological polar surface area (TPSA) is 73.8 Å². The lowest BCUT2D eigenvalue weighted by molar-refractivity contribution is -0.120. The molecule has 1 amide bonds. The number of amides is 1. The summed E-state index contributed by atoms with van der Waals surface area (Å²) in [6.07, 6.45) is 0.881. The summed E-state index contributed by atoms with van der Waals surface area (Å²) < 4.78 is 13.4. The molecule has 5 nitrogen and oxygen atoms in total. The predicted octanol–water partition coefficient (Wildman–Crippen LogP) is 3.24. The summed E-state index contributed by atoms with van der Waals surface area (Å²) in [6, 6.07) is 12.1. The number of rotatable bonds is 4. The van der Waals surface area contributed by atoms with Crippen molar-refractivity contribution in [2.24, 2.45) is 0 Å². The number of hydrogen-bond donors (Lipinski definition) is 0. The highest BCUT2D eigenvalue weighted by atomic mass is 35.5. The molecule has 2 atom stereocenters. The van der Waals surface area contributed by atoms with E-state index in [0.717, 1.165) is 17.8 Å². The quantitative estimate of drug-likeness (QED) is 0.478. The van der Waals surface area contributed by atoms with Gasteiger partial charge in [-0.25, -0.2) is 4.39 Å². The van der Waals surface area contributed by atoms with Gasteiger partial charge in [-0.05, 0) is 23.8 Å². The van der Waals surface area contributed by atoms with Crippen molar-refractivity contribution in [2.75, 3.05) is 4.90 Å². The maximum atomic E-state index is 13.4. The van der Waals surface area contributed by atoms with Crippen molar-refractivity contribution in [1.82, 2.24) is 0 Å². The van der Waals surface area contributed by atoms with Gasteiger partial charge in [0.2, 0.25) is 5.91 Å². The van der Waals surface area contributed by atoms with Gasteiger partial charge in [0.1, 0.15) is 11.9 Å². The van der Waals surface area contributed by atoms with Gasteiger partial charge in [-0.3, -0.25) is 9.59 Å². The van der Waals surface area contributed by atoms with Crippen LogP contribution in [0, 0.1) is 5.82 Å². The van der Waals surface area contributed by atoms with Crippen molar-refractivity contribution in [2.45, 2.75) is 18.4 Å². The monoisotopic (exact) mass is 357 g/mol. The van der Waals surface area contributed by atoms with E-state index in [-0.39, 0.29) is 17.4 Å². The molecule has 25 heavy (non-hydrogen) atoms. The van der Waals surface area contributed by atoms with Crippen LogP contribution in [0.4, 0.5) is 10.1 Å². The Morgan fingerprint density at radius 2 is 2.00 bits per heavy atom. The molecule has 1 aliphatic rings. The Balaban J connectivity index is 2.09. The number of benzene rings is 2. The molecule has 1 heterocycles. The lowest BCUT2D eigenvalue weighted by Crippen LogP contribution is -2.41. The molecular weight excluding hydrogens is 345 g/mol. The summed E-state index contributed by atoms with van der Waals surface area (Å²) in [5, 5.41) is -0.143. The molecule has 1 fully saturated rings. The normalized spacial score (nSPS) is 19.6. The molecule has 3 rings (SSSR count). The van der Waals surface area contributed by atoms with E-state index < -0.39 is 23.6 Å². The van der Waals surface area contributed by atoms with Gasteiger partial charge >= 0.3 is 6.21 Å². The molecule has 0 spiro atoms. The Hall–Kier alpha value is -2.82. The van der Waals surface area contributed by atoms with Crippen LogP contribution in [0.5, 0.6) is 0 Å². The standard InChI is InChI=1S/C18H13ClFN3O2/c19-14-8-12(6-7-15(14)20)23-17(25)9-13(11-4-2-1-3-5-11)18(23)16(24)10-22-21/h1-8,10,13,18H,9H2. The predicted molar refractivity (Wildman–Crippen MR) is 91.2 cm³/mol. The van der Waals surface area contributed by atoms with Crippen LogP contribution in [0.15, 0.2) is 48.5 Å². The summed E-state index contributed by atoms with van der Waals surface area (Å²) in [6.45, 7) is 0. The fourth-order valence-corrected chi connectivity index (χ4v) is 3.31. The Kier molecular flexibility index (Phi) is 4.74. The molecule has 1 aliphatic heterocycles. The average Bonchev–Trinajstić information content (AvgIpc) is 2.96. The van der Waals surface area contributed by atoms with Crippen LogP contribution in [-0.2, 0) is 9.59 Å². The second-order valence-corrected chi connectivity index (χ2v) is 6.08. The van der Waals surface area contributed by atoms with Crippen LogP contribution in [0.25, 0.3) is 5.53 Å². The van der Waals surface area contributed by atoms with Gasteiger partial charge in [-0.15, -0.1) is 0 Å². The zero-order valence-corrected chi connectivity index (χ0v) is 13.7. The van der Waals surface area contributed by atoms with E-state index in [9.17, 15) is 14.0 Å². The second kappa shape index (κ2) is 6.97. The van der Waals surface area contributed by atoms with Gasteiger partial charge < -0.3 is 10.4 Å². The number of anilines is 1. The molecule has 2 aromatic rings. The highest BCUT2D eigenvalue weighted by Crippen LogP contribution is 2.38. The van der Waals surface area contributed by atoms with Crippen LogP contribution >= 0.6 is 11.6 Å². The summed E-state index contributed by atoms with van der Waals surface area (Å²) in [5.41, 5.74) is 9.87. The Bertz CT molecular complexity index is 881. The van der Waals surface area contributed by atoms with Crippen molar-refractivity contribution >= 4 is 35.2 Å². The minimum absolute atomic E-state index is 0.106. The maximum Gasteiger partial charge on any atom is 0.325 e. The summed E-state index contributed by atoms with van der Waals surface area (Å²) >= 11 is 5.82. The third-order valence-electron chi connectivity index (χ3n) is 4.21. The van der Waals surface area contributed by atoms with E-state index in [2.05, 4.69) is 4.79 Å². The van der Waals surface area contributed by atoms with Crippen molar-refractivity contribution in [3.8, 4) is 0 Å². The highest BCUT2D eigenvalue weighted by Gasteiger charge is 2.46.